The number of H-pyrrole nitrogens is 1. The number of ether oxygens (including phenoxy) is 1. The molecule has 1 amide bonds. The van der Waals surface area contributed by atoms with Crippen LogP contribution in [0.15, 0.2) is 6.07 Å². The zero-order valence-electron chi connectivity index (χ0n) is 15.9. The number of aromatic amines is 1. The number of aromatic nitrogens is 2. The number of likely N-dealkylation sites (tertiary alicyclic amines) is 1. The Morgan fingerprint density at radius 3 is 2.77 bits per heavy atom. The molecule has 0 radical (unpaired) electrons. The highest BCUT2D eigenvalue weighted by atomic mass is 16.5. The second-order valence-corrected chi connectivity index (χ2v) is 8.38. The van der Waals surface area contributed by atoms with Crippen molar-refractivity contribution < 1.29 is 9.53 Å². The Kier molecular flexibility index (Phi) is 5.29. The van der Waals surface area contributed by atoms with Crippen LogP contribution in [0.4, 0.5) is 0 Å². The fraction of sp³-hybridized carbons (Fsp3) is 0.789. The summed E-state index contributed by atoms with van der Waals surface area (Å²) in [6.45, 7) is 4.66. The van der Waals surface area contributed by atoms with Crippen molar-refractivity contribution in [2.45, 2.75) is 43.7 Å². The molecule has 144 valence electrons. The molecule has 2 atom stereocenters. The van der Waals surface area contributed by atoms with Gasteiger partial charge in [-0.05, 0) is 45.8 Å². The van der Waals surface area contributed by atoms with Crippen molar-refractivity contribution in [2.75, 3.05) is 46.9 Å². The molecule has 0 aromatic carbocycles. The molecular formula is C19H31N5O2. The first-order valence-electron chi connectivity index (χ1n) is 9.93. The van der Waals surface area contributed by atoms with Crippen molar-refractivity contribution in [3.05, 3.63) is 17.5 Å². The van der Waals surface area contributed by atoms with E-state index in [1.807, 2.05) is 6.07 Å². The maximum absolute atomic E-state index is 12.7. The van der Waals surface area contributed by atoms with Crippen LogP contribution in [0.25, 0.3) is 0 Å². The third-order valence-corrected chi connectivity index (χ3v) is 5.94. The van der Waals surface area contributed by atoms with Gasteiger partial charge in [0.15, 0.2) is 0 Å². The predicted molar refractivity (Wildman–Crippen MR) is 99.3 cm³/mol. The average molecular weight is 361 g/mol. The van der Waals surface area contributed by atoms with Crippen molar-refractivity contribution in [1.29, 1.82) is 0 Å². The number of amides is 1. The van der Waals surface area contributed by atoms with E-state index in [1.165, 1.54) is 12.8 Å². The van der Waals surface area contributed by atoms with Crippen LogP contribution in [0.2, 0.25) is 0 Å². The maximum Gasteiger partial charge on any atom is 0.272 e. The van der Waals surface area contributed by atoms with Gasteiger partial charge in [0.1, 0.15) is 5.69 Å². The highest BCUT2D eigenvalue weighted by Crippen LogP contribution is 2.39. The van der Waals surface area contributed by atoms with E-state index < -0.39 is 0 Å². The maximum atomic E-state index is 12.7. The van der Waals surface area contributed by atoms with E-state index in [1.54, 1.807) is 0 Å². The van der Waals surface area contributed by atoms with Gasteiger partial charge in [-0.1, -0.05) is 0 Å². The van der Waals surface area contributed by atoms with E-state index in [4.69, 9.17) is 4.74 Å². The first kappa shape index (κ1) is 17.9. The third kappa shape index (κ3) is 4.10. The molecule has 3 aliphatic rings. The second kappa shape index (κ2) is 7.66. The molecule has 2 saturated heterocycles. The van der Waals surface area contributed by atoms with Crippen molar-refractivity contribution in [3.8, 4) is 0 Å². The van der Waals surface area contributed by atoms with E-state index in [2.05, 4.69) is 39.4 Å². The van der Waals surface area contributed by atoms with Crippen LogP contribution < -0.4 is 5.32 Å². The van der Waals surface area contributed by atoms with Gasteiger partial charge in [-0.3, -0.25) is 14.8 Å². The lowest BCUT2D eigenvalue weighted by Crippen LogP contribution is -2.44. The van der Waals surface area contributed by atoms with E-state index in [0.717, 1.165) is 51.4 Å². The molecule has 1 saturated carbocycles. The summed E-state index contributed by atoms with van der Waals surface area (Å²) in [5.74, 6) is 0.982. The van der Waals surface area contributed by atoms with Crippen LogP contribution in [-0.4, -0.2) is 84.9 Å². The van der Waals surface area contributed by atoms with E-state index in [-0.39, 0.29) is 11.9 Å². The van der Waals surface area contributed by atoms with Gasteiger partial charge in [0.25, 0.3) is 5.91 Å². The molecule has 1 aliphatic carbocycles. The van der Waals surface area contributed by atoms with Gasteiger partial charge >= 0.3 is 0 Å². The molecular weight excluding hydrogens is 330 g/mol. The first-order chi connectivity index (χ1) is 12.6. The van der Waals surface area contributed by atoms with Crippen LogP contribution in [0, 0.1) is 5.92 Å². The van der Waals surface area contributed by atoms with E-state index in [9.17, 15) is 4.79 Å². The van der Waals surface area contributed by atoms with Crippen molar-refractivity contribution >= 4 is 5.91 Å². The van der Waals surface area contributed by atoms with Gasteiger partial charge in [-0.25, -0.2) is 0 Å². The average Bonchev–Trinajstić information content (AvgIpc) is 3.23. The number of rotatable bonds is 6. The quantitative estimate of drug-likeness (QED) is 0.793. The summed E-state index contributed by atoms with van der Waals surface area (Å²) in [6.07, 6.45) is 4.60. The number of carbonyl (C=O) groups excluding carboxylic acids is 1. The standard InChI is InChI=1S/C19H31N5O2/c1-23(2)10-14-11-24(15-5-7-26-8-6-15)12-18(14)20-19(25)17-9-16(21-22-17)13-3-4-13/h9,13-15,18H,3-8,10-12H2,1-2H3,(H,20,25)(H,21,22)/t14-,18-/m1/s1. The number of nitrogens with one attached hydrogen (secondary N) is 2. The highest BCUT2D eigenvalue weighted by molar-refractivity contribution is 5.92. The second-order valence-electron chi connectivity index (χ2n) is 8.38. The Hall–Kier alpha value is -1.44. The molecule has 0 spiro atoms. The number of carbonyl (C=O) groups is 1. The number of nitrogens with zero attached hydrogens (tertiary/aromatic N) is 3. The summed E-state index contributed by atoms with van der Waals surface area (Å²) in [7, 11) is 4.21. The van der Waals surface area contributed by atoms with Gasteiger partial charge in [0, 0.05) is 62.5 Å². The van der Waals surface area contributed by atoms with E-state index >= 15 is 0 Å². The van der Waals surface area contributed by atoms with Gasteiger partial charge in [0.05, 0.1) is 0 Å². The fourth-order valence-electron chi connectivity index (χ4n) is 4.37. The molecule has 4 rings (SSSR count). The minimum Gasteiger partial charge on any atom is -0.381 e. The topological polar surface area (TPSA) is 73.5 Å². The molecule has 0 unspecified atom stereocenters. The molecule has 26 heavy (non-hydrogen) atoms. The smallest absolute Gasteiger partial charge is 0.272 e. The summed E-state index contributed by atoms with van der Waals surface area (Å²) >= 11 is 0. The molecule has 1 aromatic rings. The fourth-order valence-corrected chi connectivity index (χ4v) is 4.37. The molecule has 1 aromatic heterocycles. The van der Waals surface area contributed by atoms with Gasteiger partial charge in [0.2, 0.25) is 0 Å². The summed E-state index contributed by atoms with van der Waals surface area (Å²) in [5, 5.41) is 10.5. The van der Waals surface area contributed by atoms with Crippen LogP contribution in [0.1, 0.15) is 47.8 Å². The lowest BCUT2D eigenvalue weighted by Gasteiger charge is -2.31. The van der Waals surface area contributed by atoms with Crippen LogP contribution in [-0.2, 0) is 4.74 Å². The number of hydrogen-bond acceptors (Lipinski definition) is 5. The highest BCUT2D eigenvalue weighted by Gasteiger charge is 2.38. The van der Waals surface area contributed by atoms with Crippen molar-refractivity contribution in [2.24, 2.45) is 5.92 Å². The molecule has 2 N–H and O–H groups in total. The zero-order valence-corrected chi connectivity index (χ0v) is 15.9. The van der Waals surface area contributed by atoms with Crippen molar-refractivity contribution in [1.82, 2.24) is 25.3 Å². The summed E-state index contributed by atoms with van der Waals surface area (Å²) in [5.41, 5.74) is 1.63. The Balaban J connectivity index is 1.40. The van der Waals surface area contributed by atoms with Gasteiger partial charge in [-0.2, -0.15) is 5.10 Å². The van der Waals surface area contributed by atoms with E-state index in [0.29, 0.717) is 23.6 Å². The van der Waals surface area contributed by atoms with Crippen LogP contribution in [0.3, 0.4) is 0 Å². The molecule has 7 heteroatoms. The predicted octanol–water partition coefficient (Wildman–Crippen LogP) is 1.06. The largest absolute Gasteiger partial charge is 0.381 e. The molecule has 0 bridgehead atoms. The third-order valence-electron chi connectivity index (χ3n) is 5.94. The molecule has 3 fully saturated rings. The summed E-state index contributed by atoms with van der Waals surface area (Å²) in [4.78, 5) is 17.5. The number of hydrogen-bond donors (Lipinski definition) is 2. The SMILES string of the molecule is CN(C)C[C@@H]1CN(C2CCOCC2)C[C@H]1NC(=O)c1cc(C2CC2)[nH]n1. The van der Waals surface area contributed by atoms with Crippen molar-refractivity contribution in [3.63, 3.8) is 0 Å². The molecule has 2 aliphatic heterocycles. The first-order valence-corrected chi connectivity index (χ1v) is 9.93. The normalized spacial score (nSPS) is 28.0. The Labute approximate surface area is 155 Å². The zero-order chi connectivity index (χ0) is 18.1. The Bertz CT molecular complexity index is 621. The monoisotopic (exact) mass is 361 g/mol. The lowest BCUT2D eigenvalue weighted by molar-refractivity contribution is 0.0403. The minimum absolute atomic E-state index is 0.0456. The van der Waals surface area contributed by atoms with Gasteiger partial charge in [-0.15, -0.1) is 0 Å². The van der Waals surface area contributed by atoms with Gasteiger partial charge < -0.3 is 15.0 Å². The Morgan fingerprint density at radius 2 is 2.08 bits per heavy atom. The minimum atomic E-state index is -0.0456. The summed E-state index contributed by atoms with van der Waals surface area (Å²) in [6, 6.07) is 2.69. The Morgan fingerprint density at radius 1 is 1.31 bits per heavy atom. The van der Waals surface area contributed by atoms with Crippen LogP contribution >= 0.6 is 0 Å². The molecule has 7 nitrogen and oxygen atoms in total. The van der Waals surface area contributed by atoms with Crippen LogP contribution in [0.5, 0.6) is 0 Å². The summed E-state index contributed by atoms with van der Waals surface area (Å²) < 4.78 is 5.51. The lowest BCUT2D eigenvalue weighted by atomic mass is 10.0. The molecule has 3 heterocycles.